The number of piperidine rings is 1. The molecule has 3 rings (SSSR count). The standard InChI is InChI=1S/C14H25NO2/c16-14-7-9-17-10-13(14)15-8-3-5-11-4-1-2-6-12(11)15/h11-14,16H,1-10H2. The molecule has 0 spiro atoms. The fraction of sp³-hybridized carbons (Fsp3) is 1.00. The van der Waals surface area contributed by atoms with Crippen LogP contribution in [0.1, 0.15) is 44.9 Å². The van der Waals surface area contributed by atoms with Gasteiger partial charge < -0.3 is 9.84 Å². The number of likely N-dealkylation sites (tertiary alicyclic amines) is 1. The van der Waals surface area contributed by atoms with Gasteiger partial charge >= 0.3 is 0 Å². The predicted octanol–water partition coefficient (Wildman–Crippen LogP) is 1.79. The van der Waals surface area contributed by atoms with E-state index in [1.807, 2.05) is 0 Å². The molecular formula is C14H25NO2. The Kier molecular flexibility index (Phi) is 3.69. The first-order chi connectivity index (χ1) is 8.36. The first kappa shape index (κ1) is 11.9. The zero-order valence-corrected chi connectivity index (χ0v) is 10.7. The summed E-state index contributed by atoms with van der Waals surface area (Å²) in [5, 5.41) is 10.2. The van der Waals surface area contributed by atoms with Crippen molar-refractivity contribution in [2.75, 3.05) is 19.8 Å². The second-order valence-electron chi connectivity index (χ2n) is 5.99. The van der Waals surface area contributed by atoms with E-state index in [1.54, 1.807) is 0 Å². The van der Waals surface area contributed by atoms with Crippen molar-refractivity contribution >= 4 is 0 Å². The van der Waals surface area contributed by atoms with Crippen molar-refractivity contribution in [3.05, 3.63) is 0 Å². The second-order valence-corrected chi connectivity index (χ2v) is 5.99. The Hall–Kier alpha value is -0.120. The molecule has 3 nitrogen and oxygen atoms in total. The van der Waals surface area contributed by atoms with Crippen LogP contribution in [0.15, 0.2) is 0 Å². The lowest BCUT2D eigenvalue weighted by Crippen LogP contribution is -2.58. The van der Waals surface area contributed by atoms with Crippen LogP contribution in [0.2, 0.25) is 0 Å². The molecule has 17 heavy (non-hydrogen) atoms. The zero-order valence-electron chi connectivity index (χ0n) is 10.7. The Bertz CT molecular complexity index is 251. The number of fused-ring (bicyclic) bond motifs is 1. The SMILES string of the molecule is OC1CCOCC1N1CCCC2CCCCC21. The molecule has 0 aromatic carbocycles. The van der Waals surface area contributed by atoms with Gasteiger partial charge in [0.1, 0.15) is 0 Å². The molecule has 0 aromatic heterocycles. The van der Waals surface area contributed by atoms with E-state index in [-0.39, 0.29) is 12.1 Å². The Labute approximate surface area is 104 Å². The molecule has 0 aromatic rings. The molecule has 4 unspecified atom stereocenters. The van der Waals surface area contributed by atoms with E-state index in [4.69, 9.17) is 4.74 Å². The molecule has 3 heteroatoms. The van der Waals surface area contributed by atoms with Crippen molar-refractivity contribution in [2.45, 2.75) is 63.1 Å². The average molecular weight is 239 g/mol. The maximum absolute atomic E-state index is 10.2. The Balaban J connectivity index is 1.71. The average Bonchev–Trinajstić information content (AvgIpc) is 2.39. The number of hydrogen-bond acceptors (Lipinski definition) is 3. The van der Waals surface area contributed by atoms with E-state index >= 15 is 0 Å². The number of ether oxygens (including phenoxy) is 1. The van der Waals surface area contributed by atoms with Crippen molar-refractivity contribution in [3.8, 4) is 0 Å². The van der Waals surface area contributed by atoms with Crippen LogP contribution in [-0.2, 0) is 4.74 Å². The highest BCUT2D eigenvalue weighted by Gasteiger charge is 2.39. The summed E-state index contributed by atoms with van der Waals surface area (Å²) < 4.78 is 5.58. The minimum atomic E-state index is -0.163. The highest BCUT2D eigenvalue weighted by atomic mass is 16.5. The Morgan fingerprint density at radius 1 is 0.941 bits per heavy atom. The maximum atomic E-state index is 10.2. The summed E-state index contributed by atoms with van der Waals surface area (Å²) in [5.41, 5.74) is 0. The molecule has 0 radical (unpaired) electrons. The van der Waals surface area contributed by atoms with Crippen LogP contribution in [-0.4, -0.2) is 48.0 Å². The van der Waals surface area contributed by atoms with E-state index in [1.165, 1.54) is 45.1 Å². The van der Waals surface area contributed by atoms with E-state index in [0.717, 1.165) is 31.6 Å². The van der Waals surface area contributed by atoms with Crippen molar-refractivity contribution in [1.82, 2.24) is 4.90 Å². The van der Waals surface area contributed by atoms with Crippen LogP contribution >= 0.6 is 0 Å². The maximum Gasteiger partial charge on any atom is 0.0739 e. The Morgan fingerprint density at radius 3 is 2.65 bits per heavy atom. The van der Waals surface area contributed by atoms with Crippen LogP contribution in [0.3, 0.4) is 0 Å². The van der Waals surface area contributed by atoms with Gasteiger partial charge in [-0.3, -0.25) is 4.90 Å². The van der Waals surface area contributed by atoms with Gasteiger partial charge in [0.05, 0.1) is 18.8 Å². The van der Waals surface area contributed by atoms with Crippen LogP contribution < -0.4 is 0 Å². The summed E-state index contributed by atoms with van der Waals surface area (Å²) >= 11 is 0. The van der Waals surface area contributed by atoms with Gasteiger partial charge in [-0.1, -0.05) is 12.8 Å². The number of rotatable bonds is 1. The van der Waals surface area contributed by atoms with Crippen molar-refractivity contribution in [1.29, 1.82) is 0 Å². The molecule has 98 valence electrons. The quantitative estimate of drug-likeness (QED) is 0.757. The summed E-state index contributed by atoms with van der Waals surface area (Å²) in [4.78, 5) is 2.59. The van der Waals surface area contributed by atoms with Crippen molar-refractivity contribution in [3.63, 3.8) is 0 Å². The zero-order chi connectivity index (χ0) is 11.7. The molecule has 3 aliphatic rings. The Morgan fingerprint density at radius 2 is 1.76 bits per heavy atom. The van der Waals surface area contributed by atoms with Crippen LogP contribution in [0, 0.1) is 5.92 Å². The minimum absolute atomic E-state index is 0.163. The van der Waals surface area contributed by atoms with Crippen LogP contribution in [0.5, 0.6) is 0 Å². The fourth-order valence-corrected chi connectivity index (χ4v) is 4.10. The molecule has 0 amide bonds. The van der Waals surface area contributed by atoms with Gasteiger partial charge in [0.25, 0.3) is 0 Å². The lowest BCUT2D eigenvalue weighted by atomic mass is 9.77. The van der Waals surface area contributed by atoms with E-state index in [9.17, 15) is 5.11 Å². The van der Waals surface area contributed by atoms with Gasteiger partial charge in [-0.2, -0.15) is 0 Å². The third kappa shape index (κ3) is 2.38. The molecule has 1 saturated carbocycles. The van der Waals surface area contributed by atoms with Crippen molar-refractivity contribution < 1.29 is 9.84 Å². The summed E-state index contributed by atoms with van der Waals surface area (Å²) in [6.45, 7) is 2.65. The molecule has 2 heterocycles. The van der Waals surface area contributed by atoms with Gasteiger partial charge in [-0.05, 0) is 44.6 Å². The second kappa shape index (κ2) is 5.25. The van der Waals surface area contributed by atoms with E-state index in [2.05, 4.69) is 4.90 Å². The van der Waals surface area contributed by atoms with E-state index < -0.39 is 0 Å². The monoisotopic (exact) mass is 239 g/mol. The first-order valence-corrected chi connectivity index (χ1v) is 7.38. The topological polar surface area (TPSA) is 32.7 Å². The first-order valence-electron chi connectivity index (χ1n) is 7.38. The van der Waals surface area contributed by atoms with Gasteiger partial charge in [0, 0.05) is 12.6 Å². The molecule has 2 aliphatic heterocycles. The number of nitrogens with zero attached hydrogens (tertiary/aromatic N) is 1. The highest BCUT2D eigenvalue weighted by Crippen LogP contribution is 2.37. The summed E-state index contributed by atoms with van der Waals surface area (Å²) in [6, 6.07) is 1.01. The molecule has 3 fully saturated rings. The molecule has 2 saturated heterocycles. The summed E-state index contributed by atoms with van der Waals surface area (Å²) in [7, 11) is 0. The van der Waals surface area contributed by atoms with Gasteiger partial charge in [-0.25, -0.2) is 0 Å². The van der Waals surface area contributed by atoms with Gasteiger partial charge in [-0.15, -0.1) is 0 Å². The van der Waals surface area contributed by atoms with Crippen LogP contribution in [0.25, 0.3) is 0 Å². The highest BCUT2D eigenvalue weighted by molar-refractivity contribution is 4.93. The number of aliphatic hydroxyl groups excluding tert-OH is 1. The smallest absolute Gasteiger partial charge is 0.0739 e. The third-order valence-electron chi connectivity index (χ3n) is 5.00. The normalized spacial score (nSPS) is 44.3. The van der Waals surface area contributed by atoms with Gasteiger partial charge in [0.15, 0.2) is 0 Å². The third-order valence-corrected chi connectivity index (χ3v) is 5.00. The molecule has 4 atom stereocenters. The lowest BCUT2D eigenvalue weighted by molar-refractivity contribution is -0.0951. The molecular weight excluding hydrogens is 214 g/mol. The fourth-order valence-electron chi connectivity index (χ4n) is 4.10. The van der Waals surface area contributed by atoms with Crippen LogP contribution in [0.4, 0.5) is 0 Å². The van der Waals surface area contributed by atoms with Gasteiger partial charge in [0.2, 0.25) is 0 Å². The van der Waals surface area contributed by atoms with Crippen molar-refractivity contribution in [2.24, 2.45) is 5.92 Å². The largest absolute Gasteiger partial charge is 0.391 e. The lowest BCUT2D eigenvalue weighted by Gasteiger charge is -2.49. The number of aliphatic hydroxyl groups is 1. The molecule has 0 bridgehead atoms. The van der Waals surface area contributed by atoms with E-state index in [0.29, 0.717) is 0 Å². The summed E-state index contributed by atoms with van der Waals surface area (Å²) in [6.07, 6.45) is 8.91. The summed E-state index contributed by atoms with van der Waals surface area (Å²) in [5.74, 6) is 0.895. The minimum Gasteiger partial charge on any atom is -0.391 e. The molecule has 1 N–H and O–H groups in total. The molecule has 1 aliphatic carbocycles. The number of hydrogen-bond donors (Lipinski definition) is 1. The predicted molar refractivity (Wildman–Crippen MR) is 66.9 cm³/mol.